The van der Waals surface area contributed by atoms with E-state index in [2.05, 4.69) is 15.2 Å². The van der Waals surface area contributed by atoms with Crippen molar-refractivity contribution in [2.45, 2.75) is 51.4 Å². The fraction of sp³-hybridized carbons (Fsp3) is 0.393. The number of amides is 1. The van der Waals surface area contributed by atoms with Gasteiger partial charge in [0.15, 0.2) is 0 Å². The molecule has 1 aromatic heterocycles. The second kappa shape index (κ2) is 9.34. The van der Waals surface area contributed by atoms with Gasteiger partial charge in [-0.3, -0.25) is 4.79 Å². The fourth-order valence-corrected chi connectivity index (χ4v) is 5.54. The van der Waals surface area contributed by atoms with Crippen molar-refractivity contribution in [1.29, 1.82) is 0 Å². The lowest BCUT2D eigenvalue weighted by Gasteiger charge is -2.41. The van der Waals surface area contributed by atoms with Crippen molar-refractivity contribution < 1.29 is 22.4 Å². The molecule has 200 valence electrons. The highest BCUT2D eigenvalue weighted by molar-refractivity contribution is 6.03. The lowest BCUT2D eigenvalue weighted by molar-refractivity contribution is -0.140. The number of benzene rings is 2. The van der Waals surface area contributed by atoms with Gasteiger partial charge in [-0.25, -0.2) is 14.4 Å². The molecular formula is C28H29F4N5O. The van der Waals surface area contributed by atoms with Crippen LogP contribution in [0.1, 0.15) is 53.2 Å². The van der Waals surface area contributed by atoms with Gasteiger partial charge in [0.05, 0.1) is 23.8 Å². The Hall–Kier alpha value is -3.53. The Morgan fingerprint density at radius 2 is 1.79 bits per heavy atom. The first kappa shape index (κ1) is 26.1. The Kier molecular flexibility index (Phi) is 6.41. The van der Waals surface area contributed by atoms with Crippen molar-refractivity contribution in [3.8, 4) is 0 Å². The summed E-state index contributed by atoms with van der Waals surface area (Å²) in [5.41, 5.74) is 0.793. The Balaban J connectivity index is 1.60. The monoisotopic (exact) mass is 527 g/mol. The van der Waals surface area contributed by atoms with E-state index in [1.807, 2.05) is 38.2 Å². The Morgan fingerprint density at radius 1 is 1.08 bits per heavy atom. The third-order valence-corrected chi connectivity index (χ3v) is 7.50. The van der Waals surface area contributed by atoms with Gasteiger partial charge in [-0.05, 0) is 59.0 Å². The minimum Gasteiger partial charge on any atom is -0.363 e. The molecule has 1 fully saturated rings. The van der Waals surface area contributed by atoms with Crippen LogP contribution in [-0.2, 0) is 22.9 Å². The van der Waals surface area contributed by atoms with Crippen LogP contribution < -0.4 is 10.2 Å². The Labute approximate surface area is 218 Å². The largest absolute Gasteiger partial charge is 0.419 e. The number of aromatic nitrogens is 2. The molecule has 2 aromatic carbocycles. The molecule has 0 aliphatic carbocycles. The number of nitrogens with one attached hydrogen (secondary N) is 1. The van der Waals surface area contributed by atoms with Gasteiger partial charge in [0.25, 0.3) is 0 Å². The molecule has 1 N–H and O–H groups in total. The summed E-state index contributed by atoms with van der Waals surface area (Å²) in [5.74, 6) is -0.548. The summed E-state index contributed by atoms with van der Waals surface area (Å²) in [5, 5.41) is 3.15. The quantitative estimate of drug-likeness (QED) is 0.451. The highest BCUT2D eigenvalue weighted by Crippen LogP contribution is 2.44. The summed E-state index contributed by atoms with van der Waals surface area (Å²) in [4.78, 5) is 27.2. The van der Waals surface area contributed by atoms with Gasteiger partial charge in [-0.1, -0.05) is 29.8 Å². The van der Waals surface area contributed by atoms with Crippen LogP contribution in [0.15, 0.2) is 42.5 Å². The van der Waals surface area contributed by atoms with Gasteiger partial charge in [-0.2, -0.15) is 13.2 Å². The first-order valence-electron chi connectivity index (χ1n) is 12.5. The molecule has 0 bridgehead atoms. The zero-order chi connectivity index (χ0) is 27.4. The highest BCUT2D eigenvalue weighted by atomic mass is 19.4. The zero-order valence-electron chi connectivity index (χ0n) is 21.7. The van der Waals surface area contributed by atoms with Crippen molar-refractivity contribution in [2.24, 2.45) is 0 Å². The van der Waals surface area contributed by atoms with Crippen molar-refractivity contribution in [3.05, 3.63) is 82.1 Å². The maximum absolute atomic E-state index is 14.9. The topological polar surface area (TPSA) is 61.4 Å². The molecule has 2 atom stereocenters. The summed E-state index contributed by atoms with van der Waals surface area (Å²) >= 11 is 0. The van der Waals surface area contributed by atoms with Crippen LogP contribution in [0.4, 0.5) is 29.1 Å². The summed E-state index contributed by atoms with van der Waals surface area (Å²) < 4.78 is 55.0. The van der Waals surface area contributed by atoms with Crippen molar-refractivity contribution >= 4 is 17.4 Å². The number of anilines is 2. The van der Waals surface area contributed by atoms with E-state index in [0.29, 0.717) is 42.4 Å². The van der Waals surface area contributed by atoms with Gasteiger partial charge < -0.3 is 15.1 Å². The summed E-state index contributed by atoms with van der Waals surface area (Å²) in [6.07, 6.45) is -4.23. The molecule has 0 saturated carbocycles. The van der Waals surface area contributed by atoms with Crippen molar-refractivity contribution in [1.82, 2.24) is 14.9 Å². The van der Waals surface area contributed by atoms with Gasteiger partial charge in [0, 0.05) is 23.4 Å². The number of halogens is 4. The van der Waals surface area contributed by atoms with E-state index in [-0.39, 0.29) is 18.0 Å². The predicted molar refractivity (Wildman–Crippen MR) is 136 cm³/mol. The van der Waals surface area contributed by atoms with Crippen LogP contribution in [0.3, 0.4) is 0 Å². The first-order chi connectivity index (χ1) is 17.9. The number of likely N-dealkylation sites (N-methyl/N-ethyl adjacent to an activating group) is 1. The lowest BCUT2D eigenvalue weighted by atomic mass is 9.76. The molecule has 1 spiro atoms. The van der Waals surface area contributed by atoms with Crippen molar-refractivity contribution in [3.63, 3.8) is 0 Å². The molecule has 6 nitrogen and oxygen atoms in total. The third kappa shape index (κ3) is 4.40. The van der Waals surface area contributed by atoms with E-state index in [1.165, 1.54) is 12.1 Å². The summed E-state index contributed by atoms with van der Waals surface area (Å²) in [6.45, 7) is 6.65. The number of carbonyl (C=O) groups is 1. The van der Waals surface area contributed by atoms with Crippen LogP contribution in [0.2, 0.25) is 0 Å². The van der Waals surface area contributed by atoms with Gasteiger partial charge in [0.2, 0.25) is 5.91 Å². The molecular weight excluding hydrogens is 498 g/mol. The normalized spacial score (nSPS) is 20.6. The molecule has 3 heterocycles. The summed E-state index contributed by atoms with van der Waals surface area (Å²) in [6, 6.07) is 10.1. The highest BCUT2D eigenvalue weighted by Gasteiger charge is 2.53. The lowest BCUT2D eigenvalue weighted by Crippen LogP contribution is -2.53. The molecule has 38 heavy (non-hydrogen) atoms. The maximum atomic E-state index is 14.9. The van der Waals surface area contributed by atoms with Crippen molar-refractivity contribution in [2.75, 3.05) is 30.4 Å². The molecule has 5 rings (SSSR count). The molecule has 1 amide bonds. The standard InChI is InChI=1S/C28H29F4N5O/c1-16-8-10-19(11-9-16)37-14-21-24(27(26(37)38)12-13-36(4)15-27)34-18(3)35-25(21)33-17(2)20-6-5-7-22(23(20)29)28(30,31)32/h5-11,17H,12-15H2,1-4H3,(H,33,34,35)/t17-,27?/m1/s1. The molecule has 1 unspecified atom stereocenters. The molecule has 2 aliphatic heterocycles. The second-order valence-electron chi connectivity index (χ2n) is 10.3. The number of likely N-dealkylation sites (tertiary alicyclic amines) is 1. The average molecular weight is 528 g/mol. The molecule has 3 aromatic rings. The predicted octanol–water partition coefficient (Wildman–Crippen LogP) is 5.54. The number of hydrogen-bond acceptors (Lipinski definition) is 5. The average Bonchev–Trinajstić information content (AvgIpc) is 3.24. The Morgan fingerprint density at radius 3 is 2.42 bits per heavy atom. The van der Waals surface area contributed by atoms with Gasteiger partial charge in [-0.15, -0.1) is 0 Å². The van der Waals surface area contributed by atoms with Crippen LogP contribution in [-0.4, -0.2) is 40.9 Å². The van der Waals surface area contributed by atoms with E-state index in [9.17, 15) is 22.4 Å². The first-order valence-corrected chi connectivity index (χ1v) is 12.5. The number of aryl methyl sites for hydroxylation is 2. The molecule has 2 aliphatic rings. The van der Waals surface area contributed by atoms with Crippen LogP contribution in [0.25, 0.3) is 0 Å². The molecule has 1 saturated heterocycles. The number of fused-ring (bicyclic) bond motifs is 2. The van der Waals surface area contributed by atoms with E-state index in [0.717, 1.165) is 17.3 Å². The van der Waals surface area contributed by atoms with Crippen LogP contribution in [0.5, 0.6) is 0 Å². The number of rotatable bonds is 4. The number of carbonyl (C=O) groups excluding carboxylic acids is 1. The molecule has 10 heteroatoms. The second-order valence-corrected chi connectivity index (χ2v) is 10.3. The third-order valence-electron chi connectivity index (χ3n) is 7.50. The smallest absolute Gasteiger partial charge is 0.363 e. The number of nitrogens with zero attached hydrogens (tertiary/aromatic N) is 4. The minimum atomic E-state index is -4.81. The number of alkyl halides is 3. The number of hydrogen-bond donors (Lipinski definition) is 1. The van der Waals surface area contributed by atoms with Crippen LogP contribution >= 0.6 is 0 Å². The SMILES string of the molecule is Cc1ccc(N2Cc3c(N[C@H](C)c4cccc(C(F)(F)F)c4F)nc(C)nc3C3(CCN(C)C3)C2=O)cc1. The summed E-state index contributed by atoms with van der Waals surface area (Å²) in [7, 11) is 1.96. The minimum absolute atomic E-state index is 0.0424. The van der Waals surface area contributed by atoms with E-state index in [4.69, 9.17) is 4.98 Å². The van der Waals surface area contributed by atoms with Gasteiger partial charge >= 0.3 is 6.18 Å². The van der Waals surface area contributed by atoms with E-state index < -0.39 is 29.0 Å². The zero-order valence-corrected chi connectivity index (χ0v) is 21.7. The van der Waals surface area contributed by atoms with Gasteiger partial charge in [0.1, 0.15) is 22.9 Å². The van der Waals surface area contributed by atoms with E-state index >= 15 is 0 Å². The molecule has 0 radical (unpaired) electrons. The maximum Gasteiger partial charge on any atom is 0.419 e. The fourth-order valence-electron chi connectivity index (χ4n) is 5.54. The Bertz CT molecular complexity index is 1390. The van der Waals surface area contributed by atoms with Crippen LogP contribution in [0, 0.1) is 19.7 Å². The van der Waals surface area contributed by atoms with E-state index in [1.54, 1.807) is 18.7 Å².